The summed E-state index contributed by atoms with van der Waals surface area (Å²) in [5.41, 5.74) is 8.66. The molecule has 2 aliphatic carbocycles. The quantitative estimate of drug-likeness (QED) is 0.650. The fourth-order valence-electron chi connectivity index (χ4n) is 4.18. The van der Waals surface area contributed by atoms with E-state index in [1.165, 1.54) is 33.5 Å². The second kappa shape index (κ2) is 5.13. The van der Waals surface area contributed by atoms with Crippen LogP contribution in [0, 0.1) is 0 Å². The normalized spacial score (nSPS) is 16.5. The summed E-state index contributed by atoms with van der Waals surface area (Å²) in [5, 5.41) is 0. The largest absolute Gasteiger partial charge is 0.377 e. The first-order valence-corrected chi connectivity index (χ1v) is 8.45. The standard InChI is InChI=1S/C22H23N/c1-4-22(13-7-8-14-22)21-19-15-16-9-5-6-10-17(16)18(19)11-12-20(21)23(2)3/h5-14H,4,15H2,1-3H3. The summed E-state index contributed by atoms with van der Waals surface area (Å²) < 4.78 is 0. The Morgan fingerprint density at radius 3 is 2.39 bits per heavy atom. The van der Waals surface area contributed by atoms with E-state index < -0.39 is 0 Å². The molecule has 2 aromatic rings. The Hall–Kier alpha value is -2.28. The van der Waals surface area contributed by atoms with Crippen LogP contribution in [0.5, 0.6) is 0 Å². The van der Waals surface area contributed by atoms with E-state index in [-0.39, 0.29) is 5.41 Å². The molecule has 1 heteroatoms. The topological polar surface area (TPSA) is 3.24 Å². The molecule has 0 unspecified atom stereocenters. The fourth-order valence-corrected chi connectivity index (χ4v) is 4.18. The Labute approximate surface area is 139 Å². The predicted octanol–water partition coefficient (Wildman–Crippen LogP) is 5.10. The maximum absolute atomic E-state index is 2.37. The van der Waals surface area contributed by atoms with Gasteiger partial charge in [-0.1, -0.05) is 61.6 Å². The third-order valence-corrected chi connectivity index (χ3v) is 5.40. The van der Waals surface area contributed by atoms with Crippen LogP contribution in [0.2, 0.25) is 0 Å². The summed E-state index contributed by atoms with van der Waals surface area (Å²) in [6.07, 6.45) is 11.3. The van der Waals surface area contributed by atoms with Gasteiger partial charge in [-0.2, -0.15) is 0 Å². The number of hydrogen-bond donors (Lipinski definition) is 0. The zero-order valence-electron chi connectivity index (χ0n) is 14.1. The van der Waals surface area contributed by atoms with Crippen LogP contribution < -0.4 is 4.90 Å². The zero-order valence-corrected chi connectivity index (χ0v) is 14.1. The molecule has 0 fully saturated rings. The maximum Gasteiger partial charge on any atom is 0.0409 e. The first-order chi connectivity index (χ1) is 11.2. The highest BCUT2D eigenvalue weighted by molar-refractivity contribution is 5.82. The lowest BCUT2D eigenvalue weighted by Gasteiger charge is -2.32. The van der Waals surface area contributed by atoms with Crippen molar-refractivity contribution in [3.8, 4) is 11.1 Å². The molecule has 0 bridgehead atoms. The average molecular weight is 301 g/mol. The lowest BCUT2D eigenvalue weighted by molar-refractivity contribution is 0.644. The summed E-state index contributed by atoms with van der Waals surface area (Å²) in [7, 11) is 4.30. The minimum absolute atomic E-state index is 0.0347. The van der Waals surface area contributed by atoms with Gasteiger partial charge in [0.2, 0.25) is 0 Å². The molecule has 0 saturated carbocycles. The van der Waals surface area contributed by atoms with Gasteiger partial charge < -0.3 is 4.90 Å². The Kier molecular flexibility index (Phi) is 3.19. The second-order valence-corrected chi connectivity index (χ2v) is 6.83. The minimum atomic E-state index is 0.0347. The highest BCUT2D eigenvalue weighted by Gasteiger charge is 2.35. The molecule has 0 radical (unpaired) electrons. The molecule has 0 heterocycles. The highest BCUT2D eigenvalue weighted by Crippen LogP contribution is 2.48. The Morgan fingerprint density at radius 2 is 1.70 bits per heavy atom. The smallest absolute Gasteiger partial charge is 0.0409 e. The van der Waals surface area contributed by atoms with E-state index in [1.807, 2.05) is 0 Å². The number of benzene rings is 2. The van der Waals surface area contributed by atoms with E-state index in [0.717, 1.165) is 12.8 Å². The first-order valence-electron chi connectivity index (χ1n) is 8.45. The molecule has 2 aromatic carbocycles. The number of hydrogen-bond acceptors (Lipinski definition) is 1. The highest BCUT2D eigenvalue weighted by atomic mass is 15.1. The van der Waals surface area contributed by atoms with Crippen LogP contribution in [0.25, 0.3) is 11.1 Å². The van der Waals surface area contributed by atoms with Gasteiger partial charge in [0.1, 0.15) is 0 Å². The molecule has 0 saturated heterocycles. The van der Waals surface area contributed by atoms with Gasteiger partial charge in [0.05, 0.1) is 0 Å². The zero-order chi connectivity index (χ0) is 16.0. The minimum Gasteiger partial charge on any atom is -0.377 e. The molecular weight excluding hydrogens is 278 g/mol. The van der Waals surface area contributed by atoms with E-state index in [0.29, 0.717) is 0 Å². The van der Waals surface area contributed by atoms with Gasteiger partial charge in [-0.15, -0.1) is 0 Å². The van der Waals surface area contributed by atoms with E-state index in [2.05, 4.69) is 86.6 Å². The molecule has 0 aromatic heterocycles. The Morgan fingerprint density at radius 1 is 0.957 bits per heavy atom. The van der Waals surface area contributed by atoms with Crippen molar-refractivity contribution in [3.63, 3.8) is 0 Å². The number of anilines is 1. The van der Waals surface area contributed by atoms with E-state index >= 15 is 0 Å². The second-order valence-electron chi connectivity index (χ2n) is 6.83. The molecule has 0 aliphatic heterocycles. The van der Waals surface area contributed by atoms with Crippen LogP contribution in [0.4, 0.5) is 5.69 Å². The predicted molar refractivity (Wildman–Crippen MR) is 99.3 cm³/mol. The third kappa shape index (κ3) is 1.99. The van der Waals surface area contributed by atoms with Crippen molar-refractivity contribution >= 4 is 5.69 Å². The number of nitrogens with zero attached hydrogens (tertiary/aromatic N) is 1. The lowest BCUT2D eigenvalue weighted by Crippen LogP contribution is -2.24. The van der Waals surface area contributed by atoms with Crippen LogP contribution in [0.15, 0.2) is 60.7 Å². The first kappa shape index (κ1) is 14.3. The van der Waals surface area contributed by atoms with Crippen molar-refractivity contribution in [2.24, 2.45) is 0 Å². The third-order valence-electron chi connectivity index (χ3n) is 5.40. The van der Waals surface area contributed by atoms with Crippen LogP contribution in [0.3, 0.4) is 0 Å². The van der Waals surface area contributed by atoms with Crippen LogP contribution in [-0.4, -0.2) is 14.1 Å². The van der Waals surface area contributed by atoms with Gasteiger partial charge in [0, 0.05) is 25.2 Å². The molecule has 2 aliphatic rings. The molecule has 116 valence electrons. The summed E-state index contributed by atoms with van der Waals surface area (Å²) >= 11 is 0. The van der Waals surface area contributed by atoms with Gasteiger partial charge in [-0.05, 0) is 46.7 Å². The molecule has 4 rings (SSSR count). The molecule has 1 nitrogen and oxygen atoms in total. The number of allylic oxidation sites excluding steroid dienone is 4. The molecule has 0 amide bonds. The number of rotatable bonds is 3. The van der Waals surface area contributed by atoms with Gasteiger partial charge >= 0.3 is 0 Å². The maximum atomic E-state index is 2.37. The van der Waals surface area contributed by atoms with Crippen molar-refractivity contribution in [1.29, 1.82) is 0 Å². The summed E-state index contributed by atoms with van der Waals surface area (Å²) in [6.45, 7) is 2.29. The van der Waals surface area contributed by atoms with Crippen LogP contribution >= 0.6 is 0 Å². The van der Waals surface area contributed by atoms with Crippen molar-refractivity contribution in [2.75, 3.05) is 19.0 Å². The van der Waals surface area contributed by atoms with Crippen LogP contribution in [0.1, 0.15) is 30.0 Å². The molecule has 0 spiro atoms. The van der Waals surface area contributed by atoms with Crippen molar-refractivity contribution in [1.82, 2.24) is 0 Å². The summed E-state index contributed by atoms with van der Waals surface area (Å²) in [4.78, 5) is 2.26. The Bertz CT molecular complexity index is 812. The molecule has 0 N–H and O–H groups in total. The van der Waals surface area contributed by atoms with Crippen LogP contribution in [-0.2, 0) is 11.8 Å². The molecular formula is C22H23N. The van der Waals surface area contributed by atoms with Gasteiger partial charge in [0.15, 0.2) is 0 Å². The lowest BCUT2D eigenvalue weighted by atomic mass is 9.75. The monoisotopic (exact) mass is 301 g/mol. The van der Waals surface area contributed by atoms with E-state index in [1.54, 1.807) is 0 Å². The van der Waals surface area contributed by atoms with E-state index in [9.17, 15) is 0 Å². The molecule has 0 atom stereocenters. The summed E-state index contributed by atoms with van der Waals surface area (Å²) in [5.74, 6) is 0. The van der Waals surface area contributed by atoms with Gasteiger partial charge in [0.25, 0.3) is 0 Å². The SMILES string of the molecule is CCC1(c2c(N(C)C)ccc3c2Cc2ccccc2-3)C=CC=C1. The van der Waals surface area contributed by atoms with Crippen molar-refractivity contribution in [2.45, 2.75) is 25.2 Å². The van der Waals surface area contributed by atoms with Gasteiger partial charge in [-0.25, -0.2) is 0 Å². The fraction of sp³-hybridized carbons (Fsp3) is 0.273. The Balaban J connectivity index is 2.02. The van der Waals surface area contributed by atoms with Gasteiger partial charge in [-0.3, -0.25) is 0 Å². The molecule has 23 heavy (non-hydrogen) atoms. The summed E-state index contributed by atoms with van der Waals surface area (Å²) in [6, 6.07) is 13.5. The van der Waals surface area contributed by atoms with Crippen molar-refractivity contribution in [3.05, 3.63) is 77.4 Å². The average Bonchev–Trinajstić information content (AvgIpc) is 3.18. The number of fused-ring (bicyclic) bond motifs is 3. The van der Waals surface area contributed by atoms with E-state index in [4.69, 9.17) is 0 Å². The van der Waals surface area contributed by atoms with Crippen molar-refractivity contribution < 1.29 is 0 Å².